The van der Waals surface area contributed by atoms with Crippen molar-refractivity contribution < 1.29 is 28.6 Å². The number of rotatable bonds is 6. The van der Waals surface area contributed by atoms with E-state index in [2.05, 4.69) is 5.32 Å². The molecule has 0 aromatic heterocycles. The quantitative estimate of drug-likeness (QED) is 0.622. The molecule has 2 fully saturated rings. The Balaban J connectivity index is 1.38. The lowest BCUT2D eigenvalue weighted by molar-refractivity contribution is -0.146. The minimum atomic E-state index is -0.482. The number of hydrogen-bond acceptors (Lipinski definition) is 6. The summed E-state index contributed by atoms with van der Waals surface area (Å²) in [5.74, 6) is 0.780. The monoisotopic (exact) mass is 474 g/mol. The Morgan fingerprint density at radius 2 is 1.59 bits per heavy atom. The summed E-state index contributed by atoms with van der Waals surface area (Å²) < 4.78 is 16.2. The Morgan fingerprint density at radius 3 is 2.15 bits per heavy atom. The summed E-state index contributed by atoms with van der Waals surface area (Å²) in [6.45, 7) is 7.54. The lowest BCUT2D eigenvalue weighted by atomic mass is 9.86. The molecule has 1 aliphatic carbocycles. The van der Waals surface area contributed by atoms with Crippen LogP contribution >= 0.6 is 0 Å². The summed E-state index contributed by atoms with van der Waals surface area (Å²) in [5.41, 5.74) is 0.109. The van der Waals surface area contributed by atoms with Crippen LogP contribution in [0.3, 0.4) is 0 Å². The molecule has 1 N–H and O–H groups in total. The van der Waals surface area contributed by atoms with Crippen molar-refractivity contribution in [3.05, 3.63) is 29.8 Å². The Bertz CT molecular complexity index is 832. The van der Waals surface area contributed by atoms with Crippen LogP contribution < -0.4 is 10.1 Å². The van der Waals surface area contributed by atoms with Crippen molar-refractivity contribution in [3.63, 3.8) is 0 Å². The van der Waals surface area contributed by atoms with E-state index in [0.29, 0.717) is 31.2 Å². The average molecular weight is 475 g/mol. The van der Waals surface area contributed by atoms with Crippen LogP contribution in [-0.4, -0.2) is 61.3 Å². The molecule has 0 radical (unpaired) electrons. The van der Waals surface area contributed by atoms with E-state index in [1.165, 1.54) is 7.11 Å². The Morgan fingerprint density at radius 1 is 0.971 bits per heavy atom. The van der Waals surface area contributed by atoms with Crippen LogP contribution in [0.4, 0.5) is 4.79 Å². The Kier molecular flexibility index (Phi) is 8.80. The van der Waals surface area contributed by atoms with Gasteiger partial charge in [-0.25, -0.2) is 4.79 Å². The largest absolute Gasteiger partial charge is 0.493 e. The van der Waals surface area contributed by atoms with Gasteiger partial charge in [0.2, 0.25) is 0 Å². The molecule has 2 aliphatic rings. The normalized spacial score (nSPS) is 21.5. The molecule has 8 nitrogen and oxygen atoms in total. The SMILES string of the molecule is COC(=O)C1CCC(NC(=O)c2ccc(OCC3CCN(C(=O)OC(C)(C)C)CC3)cc2)CC1. The van der Waals surface area contributed by atoms with E-state index in [1.54, 1.807) is 17.0 Å². The highest BCUT2D eigenvalue weighted by Gasteiger charge is 2.28. The number of carbonyl (C=O) groups is 3. The summed E-state index contributed by atoms with van der Waals surface area (Å²) in [7, 11) is 1.42. The first-order chi connectivity index (χ1) is 16.1. The Labute approximate surface area is 202 Å². The molecular formula is C26H38N2O6. The predicted octanol–water partition coefficient (Wildman–Crippen LogP) is 4.17. The highest BCUT2D eigenvalue weighted by atomic mass is 16.6. The number of carbonyl (C=O) groups excluding carboxylic acids is 3. The van der Waals surface area contributed by atoms with Crippen LogP contribution in [0.5, 0.6) is 5.75 Å². The molecule has 1 saturated heterocycles. The summed E-state index contributed by atoms with van der Waals surface area (Å²) >= 11 is 0. The number of ether oxygens (including phenoxy) is 3. The van der Waals surface area contributed by atoms with E-state index in [-0.39, 0.29) is 29.9 Å². The summed E-state index contributed by atoms with van der Waals surface area (Å²) in [6.07, 6.45) is 4.52. The zero-order chi connectivity index (χ0) is 24.7. The summed E-state index contributed by atoms with van der Waals surface area (Å²) in [5, 5.41) is 3.07. The smallest absolute Gasteiger partial charge is 0.410 e. The molecular weight excluding hydrogens is 436 g/mol. The zero-order valence-electron chi connectivity index (χ0n) is 20.8. The maximum absolute atomic E-state index is 12.6. The Hall–Kier alpha value is -2.77. The predicted molar refractivity (Wildman–Crippen MR) is 128 cm³/mol. The van der Waals surface area contributed by atoms with Crippen molar-refractivity contribution in [1.29, 1.82) is 0 Å². The maximum Gasteiger partial charge on any atom is 0.410 e. The number of likely N-dealkylation sites (tertiary alicyclic amines) is 1. The molecule has 0 spiro atoms. The second-order valence-corrected chi connectivity index (χ2v) is 10.3. The number of nitrogens with zero attached hydrogens (tertiary/aromatic N) is 1. The fourth-order valence-corrected chi connectivity index (χ4v) is 4.43. The van der Waals surface area contributed by atoms with Gasteiger partial charge < -0.3 is 24.4 Å². The number of piperidine rings is 1. The first kappa shape index (κ1) is 25.8. The van der Waals surface area contributed by atoms with Crippen molar-refractivity contribution in [3.8, 4) is 5.75 Å². The second kappa shape index (κ2) is 11.6. The standard InChI is InChI=1S/C26H38N2O6/c1-26(2,3)34-25(31)28-15-13-18(14-16-28)17-33-22-11-7-19(8-12-22)23(29)27-21-9-5-20(6-10-21)24(30)32-4/h7-8,11-12,18,20-21H,5-6,9-10,13-17H2,1-4H3,(H,27,29). The van der Waals surface area contributed by atoms with Crippen LogP contribution in [0.2, 0.25) is 0 Å². The summed E-state index contributed by atoms with van der Waals surface area (Å²) in [4.78, 5) is 38.2. The van der Waals surface area contributed by atoms with Crippen molar-refractivity contribution >= 4 is 18.0 Å². The van der Waals surface area contributed by atoms with Crippen LogP contribution in [0, 0.1) is 11.8 Å². The lowest BCUT2D eigenvalue weighted by Crippen LogP contribution is -2.42. The minimum absolute atomic E-state index is 0.0564. The third kappa shape index (κ3) is 7.64. The van der Waals surface area contributed by atoms with Crippen molar-refractivity contribution in [2.75, 3.05) is 26.8 Å². The van der Waals surface area contributed by atoms with Gasteiger partial charge in [0, 0.05) is 24.7 Å². The van der Waals surface area contributed by atoms with Gasteiger partial charge in [0.25, 0.3) is 5.91 Å². The number of benzene rings is 1. The van der Waals surface area contributed by atoms with Gasteiger partial charge in [-0.05, 0) is 89.5 Å². The third-order valence-electron chi connectivity index (χ3n) is 6.47. The third-order valence-corrected chi connectivity index (χ3v) is 6.47. The molecule has 34 heavy (non-hydrogen) atoms. The molecule has 1 aromatic rings. The van der Waals surface area contributed by atoms with Gasteiger partial charge in [0.05, 0.1) is 19.6 Å². The van der Waals surface area contributed by atoms with Crippen LogP contribution in [-0.2, 0) is 14.3 Å². The van der Waals surface area contributed by atoms with Gasteiger partial charge in [0.15, 0.2) is 0 Å². The number of methoxy groups -OCH3 is 1. The number of nitrogens with one attached hydrogen (secondary N) is 1. The average Bonchev–Trinajstić information content (AvgIpc) is 2.82. The topological polar surface area (TPSA) is 94.2 Å². The number of amides is 2. The highest BCUT2D eigenvalue weighted by Crippen LogP contribution is 2.26. The maximum atomic E-state index is 12.6. The van der Waals surface area contributed by atoms with Gasteiger partial charge in [-0.3, -0.25) is 9.59 Å². The van der Waals surface area contributed by atoms with E-state index >= 15 is 0 Å². The molecule has 3 rings (SSSR count). The number of esters is 1. The summed E-state index contributed by atoms with van der Waals surface area (Å²) in [6, 6.07) is 7.26. The van der Waals surface area contributed by atoms with Gasteiger partial charge in [0.1, 0.15) is 11.4 Å². The van der Waals surface area contributed by atoms with E-state index < -0.39 is 5.60 Å². The molecule has 0 unspecified atom stereocenters. The van der Waals surface area contributed by atoms with Gasteiger partial charge >= 0.3 is 12.1 Å². The van der Waals surface area contributed by atoms with Crippen LogP contribution in [0.15, 0.2) is 24.3 Å². The first-order valence-electron chi connectivity index (χ1n) is 12.2. The van der Waals surface area contributed by atoms with Gasteiger partial charge in [-0.2, -0.15) is 0 Å². The highest BCUT2D eigenvalue weighted by molar-refractivity contribution is 5.94. The first-order valence-corrected chi connectivity index (χ1v) is 12.2. The molecule has 1 heterocycles. The van der Waals surface area contributed by atoms with Gasteiger partial charge in [-0.1, -0.05) is 0 Å². The zero-order valence-corrected chi connectivity index (χ0v) is 20.8. The van der Waals surface area contributed by atoms with Crippen LogP contribution in [0.25, 0.3) is 0 Å². The molecule has 1 aliphatic heterocycles. The van der Waals surface area contributed by atoms with Crippen molar-refractivity contribution in [1.82, 2.24) is 10.2 Å². The molecule has 188 valence electrons. The van der Waals surface area contributed by atoms with E-state index in [1.807, 2.05) is 32.9 Å². The van der Waals surface area contributed by atoms with E-state index in [4.69, 9.17) is 14.2 Å². The molecule has 2 amide bonds. The molecule has 8 heteroatoms. The molecule has 1 saturated carbocycles. The lowest BCUT2D eigenvalue weighted by Gasteiger charge is -2.33. The number of hydrogen-bond donors (Lipinski definition) is 1. The molecule has 1 aromatic carbocycles. The van der Waals surface area contributed by atoms with E-state index in [0.717, 1.165) is 44.3 Å². The molecule has 0 atom stereocenters. The van der Waals surface area contributed by atoms with E-state index in [9.17, 15) is 14.4 Å². The van der Waals surface area contributed by atoms with Crippen LogP contribution in [0.1, 0.15) is 69.7 Å². The van der Waals surface area contributed by atoms with Crippen molar-refractivity contribution in [2.45, 2.75) is 70.9 Å². The fourth-order valence-electron chi connectivity index (χ4n) is 4.43. The van der Waals surface area contributed by atoms with Gasteiger partial charge in [-0.15, -0.1) is 0 Å². The second-order valence-electron chi connectivity index (χ2n) is 10.3. The minimum Gasteiger partial charge on any atom is -0.493 e. The fraction of sp³-hybridized carbons (Fsp3) is 0.654. The molecule has 0 bridgehead atoms. The van der Waals surface area contributed by atoms with Crippen molar-refractivity contribution in [2.24, 2.45) is 11.8 Å².